The summed E-state index contributed by atoms with van der Waals surface area (Å²) in [6.07, 6.45) is 6.66. The number of carbonyl (C=O) groups excluding carboxylic acids is 3. The third kappa shape index (κ3) is 8.28. The maximum Gasteiger partial charge on any atom is 0.242 e. The van der Waals surface area contributed by atoms with E-state index in [-0.39, 0.29) is 17.6 Å². The highest BCUT2D eigenvalue weighted by molar-refractivity contribution is 5.88. The number of nitrogens with one attached hydrogen (secondary N) is 2. The fourth-order valence-corrected chi connectivity index (χ4v) is 4.51. The average Bonchev–Trinajstić information content (AvgIpc) is 3.31. The zero-order chi connectivity index (χ0) is 23.5. The van der Waals surface area contributed by atoms with E-state index in [9.17, 15) is 14.4 Å². The van der Waals surface area contributed by atoms with Gasteiger partial charge >= 0.3 is 0 Å². The topological polar surface area (TPSA) is 78.5 Å². The van der Waals surface area contributed by atoms with Crippen LogP contribution in [-0.2, 0) is 20.8 Å². The molecule has 1 heterocycles. The summed E-state index contributed by atoms with van der Waals surface area (Å²) < 4.78 is 0. The fourth-order valence-electron chi connectivity index (χ4n) is 4.51. The van der Waals surface area contributed by atoms with Gasteiger partial charge < -0.3 is 15.4 Å². The number of Topliss-reactive ketones (excluding diaryl/α,β-unsaturated/α-hetero) is 1. The Morgan fingerprint density at radius 2 is 1.73 bits per heavy atom. The van der Waals surface area contributed by atoms with Crippen LogP contribution in [0.5, 0.6) is 0 Å². The Hall–Kier alpha value is -2.73. The van der Waals surface area contributed by atoms with Gasteiger partial charge in [-0.2, -0.15) is 0 Å². The number of benzene rings is 2. The standard InChI is InChI=1S/C27H37N3O3/c1-21(31)10-3-2-4-15-25(29-26(32)20-30-18-7-8-19-30)27(33)28-17-16-23-13-9-12-22-11-5-6-14-24(22)23/h5-6,9,11-14,25H,2-4,7-8,10,15-20H2,1H3,(H,28,33)(H,29,32)/t25-/m0/s1. The second-order valence-corrected chi connectivity index (χ2v) is 9.08. The van der Waals surface area contributed by atoms with Gasteiger partial charge in [-0.1, -0.05) is 55.3 Å². The van der Waals surface area contributed by atoms with Gasteiger partial charge in [-0.15, -0.1) is 0 Å². The van der Waals surface area contributed by atoms with E-state index in [4.69, 9.17) is 0 Å². The third-order valence-electron chi connectivity index (χ3n) is 6.31. The number of amides is 2. The van der Waals surface area contributed by atoms with E-state index in [1.807, 2.05) is 18.2 Å². The lowest BCUT2D eigenvalue weighted by atomic mass is 10.0. The molecule has 0 aliphatic carbocycles. The van der Waals surface area contributed by atoms with Crippen molar-refractivity contribution in [3.63, 3.8) is 0 Å². The zero-order valence-corrected chi connectivity index (χ0v) is 19.8. The molecule has 1 saturated heterocycles. The molecule has 0 aromatic heterocycles. The molecule has 1 aliphatic rings. The lowest BCUT2D eigenvalue weighted by Crippen LogP contribution is -2.49. The molecule has 1 atom stereocenters. The fraction of sp³-hybridized carbons (Fsp3) is 0.519. The smallest absolute Gasteiger partial charge is 0.242 e. The van der Waals surface area contributed by atoms with Crippen molar-refractivity contribution in [3.05, 3.63) is 48.0 Å². The minimum atomic E-state index is -0.537. The Bertz CT molecular complexity index is 932. The molecule has 1 aliphatic heterocycles. The Labute approximate surface area is 197 Å². The first-order chi connectivity index (χ1) is 16.0. The molecule has 0 spiro atoms. The lowest BCUT2D eigenvalue weighted by molar-refractivity contribution is -0.129. The normalized spacial score (nSPS) is 14.8. The highest BCUT2D eigenvalue weighted by Crippen LogP contribution is 2.18. The van der Waals surface area contributed by atoms with Crippen molar-refractivity contribution in [3.8, 4) is 0 Å². The zero-order valence-electron chi connectivity index (χ0n) is 19.8. The van der Waals surface area contributed by atoms with Gasteiger partial charge in [0.2, 0.25) is 11.8 Å². The number of unbranched alkanes of at least 4 members (excludes halogenated alkanes) is 2. The molecule has 1 fully saturated rings. The van der Waals surface area contributed by atoms with Crippen molar-refractivity contribution in [2.45, 2.75) is 64.3 Å². The van der Waals surface area contributed by atoms with Crippen molar-refractivity contribution < 1.29 is 14.4 Å². The molecule has 2 aromatic rings. The predicted octanol–water partition coefficient (Wildman–Crippen LogP) is 3.62. The van der Waals surface area contributed by atoms with E-state index in [1.165, 1.54) is 16.3 Å². The van der Waals surface area contributed by atoms with E-state index in [0.717, 1.165) is 51.6 Å². The molecular formula is C27H37N3O3. The van der Waals surface area contributed by atoms with E-state index < -0.39 is 6.04 Å². The first kappa shape index (κ1) is 24.9. The SMILES string of the molecule is CC(=O)CCCCC[C@H](NC(=O)CN1CCCC1)C(=O)NCCc1cccc2ccccc12. The van der Waals surface area contributed by atoms with E-state index in [2.05, 4.69) is 39.8 Å². The van der Waals surface area contributed by atoms with Crippen molar-refractivity contribution in [2.75, 3.05) is 26.2 Å². The van der Waals surface area contributed by atoms with Crippen molar-refractivity contribution in [2.24, 2.45) is 0 Å². The first-order valence-corrected chi connectivity index (χ1v) is 12.3. The molecule has 33 heavy (non-hydrogen) atoms. The maximum absolute atomic E-state index is 12.9. The van der Waals surface area contributed by atoms with Gasteiger partial charge in [-0.25, -0.2) is 0 Å². The van der Waals surface area contributed by atoms with Gasteiger partial charge in [0, 0.05) is 13.0 Å². The average molecular weight is 452 g/mol. The molecule has 6 nitrogen and oxygen atoms in total. The molecule has 0 saturated carbocycles. The van der Waals surface area contributed by atoms with Gasteiger partial charge in [0.05, 0.1) is 6.54 Å². The number of carbonyl (C=O) groups is 3. The van der Waals surface area contributed by atoms with E-state index in [1.54, 1.807) is 6.92 Å². The third-order valence-corrected chi connectivity index (χ3v) is 6.31. The molecule has 3 rings (SSSR count). The van der Waals surface area contributed by atoms with Gasteiger partial charge in [0.1, 0.15) is 11.8 Å². The minimum Gasteiger partial charge on any atom is -0.354 e. The van der Waals surface area contributed by atoms with Crippen LogP contribution >= 0.6 is 0 Å². The molecule has 6 heteroatoms. The van der Waals surface area contributed by atoms with Crippen molar-refractivity contribution >= 4 is 28.4 Å². The lowest BCUT2D eigenvalue weighted by Gasteiger charge is -2.21. The summed E-state index contributed by atoms with van der Waals surface area (Å²) in [7, 11) is 0. The first-order valence-electron chi connectivity index (χ1n) is 12.3. The summed E-state index contributed by atoms with van der Waals surface area (Å²) in [5.74, 6) is -0.0249. The van der Waals surface area contributed by atoms with Crippen molar-refractivity contribution in [1.82, 2.24) is 15.5 Å². The Morgan fingerprint density at radius 1 is 0.970 bits per heavy atom. The molecule has 2 N–H and O–H groups in total. The molecule has 0 radical (unpaired) electrons. The second-order valence-electron chi connectivity index (χ2n) is 9.08. The number of nitrogens with zero attached hydrogens (tertiary/aromatic N) is 1. The molecule has 0 unspecified atom stereocenters. The quantitative estimate of drug-likeness (QED) is 0.456. The molecular weight excluding hydrogens is 414 g/mol. The number of likely N-dealkylation sites (tertiary alicyclic amines) is 1. The van der Waals surface area contributed by atoms with Gasteiger partial charge in [0.25, 0.3) is 0 Å². The summed E-state index contributed by atoms with van der Waals surface area (Å²) in [6.45, 7) is 4.37. The number of hydrogen-bond acceptors (Lipinski definition) is 4. The summed E-state index contributed by atoms with van der Waals surface area (Å²) in [4.78, 5) is 38.8. The van der Waals surface area contributed by atoms with Crippen LogP contribution in [0.2, 0.25) is 0 Å². The van der Waals surface area contributed by atoms with Crippen LogP contribution < -0.4 is 10.6 Å². The Balaban J connectivity index is 1.52. The van der Waals surface area contributed by atoms with Crippen LogP contribution in [0, 0.1) is 0 Å². The Kier molecular flexibility index (Phi) is 9.88. The highest BCUT2D eigenvalue weighted by Gasteiger charge is 2.22. The summed E-state index contributed by atoms with van der Waals surface area (Å²) in [5, 5.41) is 8.39. The summed E-state index contributed by atoms with van der Waals surface area (Å²) in [5.41, 5.74) is 1.20. The van der Waals surface area contributed by atoms with Gasteiger partial charge in [-0.05, 0) is 68.5 Å². The van der Waals surface area contributed by atoms with Crippen LogP contribution in [0.25, 0.3) is 10.8 Å². The molecule has 0 bridgehead atoms. The van der Waals surface area contributed by atoms with Crippen molar-refractivity contribution in [1.29, 1.82) is 0 Å². The van der Waals surface area contributed by atoms with Crippen LogP contribution in [0.1, 0.15) is 57.4 Å². The predicted molar refractivity (Wildman–Crippen MR) is 132 cm³/mol. The summed E-state index contributed by atoms with van der Waals surface area (Å²) in [6, 6.07) is 14.0. The Morgan fingerprint density at radius 3 is 2.52 bits per heavy atom. The van der Waals surface area contributed by atoms with E-state index in [0.29, 0.717) is 25.9 Å². The monoisotopic (exact) mass is 451 g/mol. The summed E-state index contributed by atoms with van der Waals surface area (Å²) >= 11 is 0. The number of ketones is 1. The molecule has 2 amide bonds. The number of fused-ring (bicyclic) bond motifs is 1. The highest BCUT2D eigenvalue weighted by atomic mass is 16.2. The molecule has 2 aromatic carbocycles. The molecule has 178 valence electrons. The van der Waals surface area contributed by atoms with Gasteiger partial charge in [-0.3, -0.25) is 14.5 Å². The number of hydrogen-bond donors (Lipinski definition) is 2. The van der Waals surface area contributed by atoms with Crippen LogP contribution in [0.3, 0.4) is 0 Å². The van der Waals surface area contributed by atoms with Crippen LogP contribution in [0.15, 0.2) is 42.5 Å². The maximum atomic E-state index is 12.9. The second kappa shape index (κ2) is 13.1. The largest absolute Gasteiger partial charge is 0.354 e. The van der Waals surface area contributed by atoms with E-state index >= 15 is 0 Å². The van der Waals surface area contributed by atoms with Crippen LogP contribution in [-0.4, -0.2) is 54.7 Å². The number of rotatable bonds is 13. The van der Waals surface area contributed by atoms with Crippen LogP contribution in [0.4, 0.5) is 0 Å². The minimum absolute atomic E-state index is 0.0881. The van der Waals surface area contributed by atoms with Gasteiger partial charge in [0.15, 0.2) is 0 Å².